The Morgan fingerprint density at radius 1 is 1.06 bits per heavy atom. The fourth-order valence-electron chi connectivity index (χ4n) is 2.87. The van der Waals surface area contributed by atoms with Gasteiger partial charge in [-0.25, -0.2) is 0 Å². The van der Waals surface area contributed by atoms with Gasteiger partial charge >= 0.3 is 0 Å². The number of piperidine rings is 1. The normalized spacial score (nSPS) is 21.8. The van der Waals surface area contributed by atoms with Crippen molar-refractivity contribution in [3.05, 3.63) is 29.3 Å². The molecule has 17 heavy (non-hydrogen) atoms. The van der Waals surface area contributed by atoms with Gasteiger partial charge in [0.2, 0.25) is 0 Å². The van der Waals surface area contributed by atoms with E-state index in [9.17, 15) is 0 Å². The van der Waals surface area contributed by atoms with E-state index >= 15 is 0 Å². The summed E-state index contributed by atoms with van der Waals surface area (Å²) in [6.45, 7) is 4.82. The molecule has 0 saturated carbocycles. The monoisotopic (exact) mass is 272 g/mol. The molecule has 0 unspecified atom stereocenters. The molecule has 94 valence electrons. The van der Waals surface area contributed by atoms with Gasteiger partial charge in [0.15, 0.2) is 0 Å². The van der Waals surface area contributed by atoms with E-state index in [2.05, 4.69) is 22.3 Å². The first-order chi connectivity index (χ1) is 7.77. The summed E-state index contributed by atoms with van der Waals surface area (Å²) in [6.07, 6.45) is 2.66. The average molecular weight is 273 g/mol. The molecule has 3 rings (SSSR count). The van der Waals surface area contributed by atoms with Crippen LogP contribution in [-0.2, 0) is 0 Å². The fraction of sp³-hybridized carbons (Fsp3) is 0.538. The molecule has 4 heteroatoms. The largest absolute Gasteiger partial charge is 0.370 e. The molecule has 2 aliphatic rings. The summed E-state index contributed by atoms with van der Waals surface area (Å²) in [7, 11) is 0. The number of benzene rings is 1. The maximum Gasteiger partial charge on any atom is 0.0407 e. The van der Waals surface area contributed by atoms with Crippen LogP contribution < -0.4 is 10.2 Å². The van der Waals surface area contributed by atoms with Crippen molar-refractivity contribution in [3.8, 4) is 0 Å². The summed E-state index contributed by atoms with van der Waals surface area (Å²) >= 11 is 5.89. The third-order valence-electron chi connectivity index (χ3n) is 3.91. The van der Waals surface area contributed by atoms with Gasteiger partial charge in [-0.05, 0) is 50.2 Å². The van der Waals surface area contributed by atoms with E-state index in [4.69, 9.17) is 11.6 Å². The van der Waals surface area contributed by atoms with Gasteiger partial charge in [-0.2, -0.15) is 0 Å². The molecular weight excluding hydrogens is 255 g/mol. The Kier molecular flexibility index (Phi) is 3.86. The van der Waals surface area contributed by atoms with Crippen LogP contribution >= 0.6 is 24.0 Å². The zero-order valence-electron chi connectivity index (χ0n) is 9.79. The van der Waals surface area contributed by atoms with Crippen molar-refractivity contribution >= 4 is 29.7 Å². The molecule has 2 saturated heterocycles. The molecule has 0 amide bonds. The number of halogens is 2. The fourth-order valence-corrected chi connectivity index (χ4v) is 3.00. The Hall–Kier alpha value is -0.440. The number of anilines is 1. The van der Waals surface area contributed by atoms with Crippen LogP contribution in [0.5, 0.6) is 0 Å². The Bertz CT molecular complexity index is 364. The molecule has 0 aromatic heterocycles. The van der Waals surface area contributed by atoms with Gasteiger partial charge in [0.25, 0.3) is 0 Å². The van der Waals surface area contributed by atoms with Gasteiger partial charge in [0.05, 0.1) is 0 Å². The first-order valence-corrected chi connectivity index (χ1v) is 6.37. The molecule has 0 bridgehead atoms. The van der Waals surface area contributed by atoms with Crippen molar-refractivity contribution in [2.24, 2.45) is 5.41 Å². The van der Waals surface area contributed by atoms with Crippen LogP contribution in [0.25, 0.3) is 0 Å². The first-order valence-electron chi connectivity index (χ1n) is 5.99. The number of rotatable bonds is 1. The summed E-state index contributed by atoms with van der Waals surface area (Å²) in [4.78, 5) is 2.46. The van der Waals surface area contributed by atoms with Crippen molar-refractivity contribution in [3.63, 3.8) is 0 Å². The van der Waals surface area contributed by atoms with E-state index < -0.39 is 0 Å². The molecule has 1 aromatic carbocycles. The second kappa shape index (κ2) is 5.05. The lowest BCUT2D eigenvalue weighted by Crippen LogP contribution is -2.60. The molecule has 2 aliphatic heterocycles. The standard InChI is InChI=1S/C13H17ClN2.ClH/c14-11-1-3-12(4-2-11)16-9-13(10-16)5-7-15-8-6-13;/h1-4,15H,5-10H2;1H. The van der Waals surface area contributed by atoms with Gasteiger partial charge < -0.3 is 10.2 Å². The Morgan fingerprint density at radius 3 is 2.24 bits per heavy atom. The van der Waals surface area contributed by atoms with Crippen molar-refractivity contribution in [1.29, 1.82) is 0 Å². The minimum absolute atomic E-state index is 0. The molecule has 2 heterocycles. The molecule has 0 atom stereocenters. The minimum atomic E-state index is 0. The van der Waals surface area contributed by atoms with Gasteiger partial charge in [-0.3, -0.25) is 0 Å². The van der Waals surface area contributed by atoms with Crippen LogP contribution in [0.3, 0.4) is 0 Å². The number of nitrogens with zero attached hydrogens (tertiary/aromatic N) is 1. The zero-order chi connectivity index (χ0) is 11.0. The van der Waals surface area contributed by atoms with Crippen LogP contribution in [-0.4, -0.2) is 26.2 Å². The predicted molar refractivity (Wildman–Crippen MR) is 75.4 cm³/mol. The van der Waals surface area contributed by atoms with E-state index in [1.807, 2.05) is 12.1 Å². The molecule has 0 radical (unpaired) electrons. The van der Waals surface area contributed by atoms with E-state index in [0.29, 0.717) is 5.41 Å². The number of nitrogens with one attached hydrogen (secondary N) is 1. The lowest BCUT2D eigenvalue weighted by atomic mass is 9.72. The van der Waals surface area contributed by atoms with Crippen LogP contribution in [0.1, 0.15) is 12.8 Å². The van der Waals surface area contributed by atoms with E-state index in [1.54, 1.807) is 0 Å². The van der Waals surface area contributed by atoms with Crippen LogP contribution in [0.2, 0.25) is 5.02 Å². The molecule has 1 N–H and O–H groups in total. The lowest BCUT2D eigenvalue weighted by molar-refractivity contribution is 0.150. The van der Waals surface area contributed by atoms with Crippen molar-refractivity contribution in [2.45, 2.75) is 12.8 Å². The minimum Gasteiger partial charge on any atom is -0.370 e. The van der Waals surface area contributed by atoms with Crippen molar-refractivity contribution < 1.29 is 0 Å². The highest BCUT2D eigenvalue weighted by atomic mass is 35.5. The van der Waals surface area contributed by atoms with Crippen molar-refractivity contribution in [2.75, 3.05) is 31.1 Å². The molecule has 1 spiro atoms. The van der Waals surface area contributed by atoms with Crippen LogP contribution in [0.15, 0.2) is 24.3 Å². The summed E-state index contributed by atoms with van der Waals surface area (Å²) < 4.78 is 0. The molecular formula is C13H18Cl2N2. The van der Waals surface area contributed by atoms with Crippen molar-refractivity contribution in [1.82, 2.24) is 5.32 Å². The molecule has 0 aliphatic carbocycles. The second-order valence-electron chi connectivity index (χ2n) is 5.08. The Labute approximate surface area is 114 Å². The van der Waals surface area contributed by atoms with Gasteiger partial charge in [-0.15, -0.1) is 12.4 Å². The first kappa shape index (κ1) is 13.0. The topological polar surface area (TPSA) is 15.3 Å². The summed E-state index contributed by atoms with van der Waals surface area (Å²) in [6, 6.07) is 8.20. The van der Waals surface area contributed by atoms with E-state index in [-0.39, 0.29) is 12.4 Å². The highest BCUT2D eigenvalue weighted by molar-refractivity contribution is 6.30. The summed E-state index contributed by atoms with van der Waals surface area (Å²) in [5, 5.41) is 4.25. The summed E-state index contributed by atoms with van der Waals surface area (Å²) in [5.74, 6) is 0. The number of hydrogen-bond acceptors (Lipinski definition) is 2. The van der Waals surface area contributed by atoms with Crippen LogP contribution in [0.4, 0.5) is 5.69 Å². The van der Waals surface area contributed by atoms with Gasteiger partial charge in [0, 0.05) is 29.2 Å². The Balaban J connectivity index is 0.00000108. The quantitative estimate of drug-likeness (QED) is 0.846. The third kappa shape index (κ3) is 2.54. The maximum atomic E-state index is 5.89. The highest BCUT2D eigenvalue weighted by Crippen LogP contribution is 2.41. The SMILES string of the molecule is Cl.Clc1ccc(N2CC3(CCNCC3)C2)cc1. The van der Waals surface area contributed by atoms with E-state index in [1.165, 1.54) is 44.7 Å². The van der Waals surface area contributed by atoms with Gasteiger partial charge in [-0.1, -0.05) is 11.6 Å². The van der Waals surface area contributed by atoms with Crippen LogP contribution in [0, 0.1) is 5.41 Å². The number of hydrogen-bond donors (Lipinski definition) is 1. The third-order valence-corrected chi connectivity index (χ3v) is 4.16. The maximum absolute atomic E-state index is 5.89. The second-order valence-corrected chi connectivity index (χ2v) is 5.52. The average Bonchev–Trinajstić information content (AvgIpc) is 2.28. The zero-order valence-corrected chi connectivity index (χ0v) is 11.4. The molecule has 2 fully saturated rings. The smallest absolute Gasteiger partial charge is 0.0407 e. The van der Waals surface area contributed by atoms with Gasteiger partial charge in [0.1, 0.15) is 0 Å². The highest BCUT2D eigenvalue weighted by Gasteiger charge is 2.43. The molecule has 2 nitrogen and oxygen atoms in total. The lowest BCUT2D eigenvalue weighted by Gasteiger charge is -2.53. The summed E-state index contributed by atoms with van der Waals surface area (Å²) in [5.41, 5.74) is 1.92. The predicted octanol–water partition coefficient (Wildman–Crippen LogP) is 2.95. The molecule has 1 aromatic rings. The van der Waals surface area contributed by atoms with E-state index in [0.717, 1.165) is 5.02 Å². The Morgan fingerprint density at radius 2 is 1.65 bits per heavy atom.